The van der Waals surface area contributed by atoms with Crippen molar-refractivity contribution in [3.63, 3.8) is 0 Å². The molecule has 6 nitrogen and oxygen atoms in total. The van der Waals surface area contributed by atoms with Gasteiger partial charge >= 0.3 is 0 Å². The van der Waals surface area contributed by atoms with E-state index in [2.05, 4.69) is 21.0 Å². The summed E-state index contributed by atoms with van der Waals surface area (Å²) in [5.41, 5.74) is 8.96. The number of benzene rings is 1. The monoisotopic (exact) mass is 396 g/mol. The van der Waals surface area contributed by atoms with Crippen LogP contribution in [0, 0.1) is 5.41 Å². The number of halogens is 1. The Morgan fingerprint density at radius 2 is 2.07 bits per heavy atom. The molecule has 1 atom stereocenters. The van der Waals surface area contributed by atoms with Gasteiger partial charge in [-0.05, 0) is 49.1 Å². The van der Waals surface area contributed by atoms with Gasteiger partial charge in [-0.1, -0.05) is 29.8 Å². The molecule has 7 heteroatoms. The van der Waals surface area contributed by atoms with E-state index in [4.69, 9.17) is 22.7 Å². The number of hydrogen-bond donors (Lipinski definition) is 3. The van der Waals surface area contributed by atoms with E-state index >= 15 is 0 Å². The molecule has 0 aliphatic heterocycles. The van der Waals surface area contributed by atoms with Gasteiger partial charge in [0.1, 0.15) is 0 Å². The molecule has 0 fully saturated rings. The van der Waals surface area contributed by atoms with Crippen LogP contribution in [-0.2, 0) is 6.42 Å². The zero-order valence-electron chi connectivity index (χ0n) is 15.7. The number of nitrogens with one attached hydrogen (secondary N) is 2. The quantitative estimate of drug-likeness (QED) is 0.378. The second-order valence-corrected chi connectivity index (χ2v) is 7.12. The van der Waals surface area contributed by atoms with Crippen molar-refractivity contribution in [1.82, 2.24) is 19.9 Å². The first-order valence-corrected chi connectivity index (χ1v) is 9.74. The van der Waals surface area contributed by atoms with Crippen LogP contribution in [0.3, 0.4) is 0 Å². The molecule has 1 aromatic carbocycles. The molecule has 0 aliphatic rings. The van der Waals surface area contributed by atoms with Crippen LogP contribution in [0.15, 0.2) is 61.2 Å². The standard InChI is InChI=1S/C21H25ClN6/c22-17-6-3-5-16(13-17)19(20-8-1-2-10-26-20)9-12-28(21(23)24)11-4-7-18-14-25-15-27-18/h1-3,5-6,8,10,13-15,19H,4,7,9,11-12H2,(H3,23,24)(H,25,27). The van der Waals surface area contributed by atoms with E-state index in [1.807, 2.05) is 47.5 Å². The van der Waals surface area contributed by atoms with Crippen molar-refractivity contribution in [2.75, 3.05) is 13.1 Å². The zero-order chi connectivity index (χ0) is 19.8. The maximum Gasteiger partial charge on any atom is 0.188 e. The van der Waals surface area contributed by atoms with Gasteiger partial charge in [-0.2, -0.15) is 0 Å². The summed E-state index contributed by atoms with van der Waals surface area (Å²) in [6.45, 7) is 1.39. The van der Waals surface area contributed by atoms with Gasteiger partial charge in [0.2, 0.25) is 0 Å². The SMILES string of the molecule is N=C(N)N(CCCc1c[nH]cn1)CCC(c1cccc(Cl)c1)c1ccccn1. The van der Waals surface area contributed by atoms with Crippen LogP contribution in [0.4, 0.5) is 0 Å². The number of imidazole rings is 1. The Balaban J connectivity index is 1.67. The Hall–Kier alpha value is -2.86. The summed E-state index contributed by atoms with van der Waals surface area (Å²) in [4.78, 5) is 13.7. The average molecular weight is 397 g/mol. The molecule has 146 valence electrons. The summed E-state index contributed by atoms with van der Waals surface area (Å²) in [5, 5.41) is 8.65. The molecule has 0 saturated carbocycles. The van der Waals surface area contributed by atoms with E-state index in [9.17, 15) is 0 Å². The average Bonchev–Trinajstić information content (AvgIpc) is 3.21. The Morgan fingerprint density at radius 1 is 1.18 bits per heavy atom. The Morgan fingerprint density at radius 3 is 2.75 bits per heavy atom. The Labute approximate surface area is 170 Å². The first-order valence-electron chi connectivity index (χ1n) is 9.36. The lowest BCUT2D eigenvalue weighted by atomic mass is 9.91. The van der Waals surface area contributed by atoms with Crippen LogP contribution < -0.4 is 5.73 Å². The van der Waals surface area contributed by atoms with Gasteiger partial charge in [-0.25, -0.2) is 4.98 Å². The van der Waals surface area contributed by atoms with E-state index in [-0.39, 0.29) is 11.9 Å². The van der Waals surface area contributed by atoms with Crippen LogP contribution in [0.1, 0.15) is 35.7 Å². The number of aromatic nitrogens is 3. The fraction of sp³-hybridized carbons (Fsp3) is 0.286. The van der Waals surface area contributed by atoms with Crippen molar-refractivity contribution in [3.8, 4) is 0 Å². The molecular weight excluding hydrogens is 372 g/mol. The second-order valence-electron chi connectivity index (χ2n) is 6.69. The number of pyridine rings is 1. The van der Waals surface area contributed by atoms with Crippen molar-refractivity contribution in [3.05, 3.63) is 83.2 Å². The number of nitrogens with two attached hydrogens (primary N) is 1. The summed E-state index contributed by atoms with van der Waals surface area (Å²) in [7, 11) is 0. The normalized spacial score (nSPS) is 11.9. The summed E-state index contributed by atoms with van der Waals surface area (Å²) in [5.74, 6) is 0.181. The largest absolute Gasteiger partial charge is 0.370 e. The highest BCUT2D eigenvalue weighted by atomic mass is 35.5. The number of nitrogens with zero attached hydrogens (tertiary/aromatic N) is 3. The van der Waals surface area contributed by atoms with Gasteiger partial charge < -0.3 is 15.6 Å². The molecule has 3 aromatic rings. The summed E-state index contributed by atoms with van der Waals surface area (Å²) in [6.07, 6.45) is 7.91. The lowest BCUT2D eigenvalue weighted by Crippen LogP contribution is -2.38. The third-order valence-corrected chi connectivity index (χ3v) is 4.98. The lowest BCUT2D eigenvalue weighted by Gasteiger charge is -2.25. The van der Waals surface area contributed by atoms with Crippen molar-refractivity contribution in [2.24, 2.45) is 5.73 Å². The zero-order valence-corrected chi connectivity index (χ0v) is 16.4. The minimum absolute atomic E-state index is 0.0906. The molecule has 0 bridgehead atoms. The highest BCUT2D eigenvalue weighted by molar-refractivity contribution is 6.30. The van der Waals surface area contributed by atoms with Crippen molar-refractivity contribution >= 4 is 17.6 Å². The number of aryl methyl sites for hydroxylation is 1. The smallest absolute Gasteiger partial charge is 0.188 e. The van der Waals surface area contributed by atoms with Crippen molar-refractivity contribution in [2.45, 2.75) is 25.2 Å². The molecular formula is C21H25ClN6. The summed E-state index contributed by atoms with van der Waals surface area (Å²) < 4.78 is 0. The predicted octanol–water partition coefficient (Wildman–Crippen LogP) is 3.81. The van der Waals surface area contributed by atoms with Gasteiger partial charge in [0.15, 0.2) is 5.96 Å². The Kier molecular flexibility index (Phi) is 7.03. The summed E-state index contributed by atoms with van der Waals surface area (Å²) >= 11 is 6.21. The minimum Gasteiger partial charge on any atom is -0.370 e. The summed E-state index contributed by atoms with van der Waals surface area (Å²) in [6, 6.07) is 13.8. The van der Waals surface area contributed by atoms with Gasteiger partial charge in [0, 0.05) is 42.1 Å². The van der Waals surface area contributed by atoms with Gasteiger partial charge in [-0.3, -0.25) is 10.4 Å². The third kappa shape index (κ3) is 5.57. The molecule has 4 N–H and O–H groups in total. The molecule has 2 aromatic heterocycles. The molecule has 0 spiro atoms. The molecule has 2 heterocycles. The van der Waals surface area contributed by atoms with E-state index in [1.54, 1.807) is 12.5 Å². The molecule has 0 aliphatic carbocycles. The van der Waals surface area contributed by atoms with Crippen LogP contribution in [0.2, 0.25) is 5.02 Å². The molecule has 1 unspecified atom stereocenters. The highest BCUT2D eigenvalue weighted by Gasteiger charge is 2.18. The lowest BCUT2D eigenvalue weighted by molar-refractivity contribution is 0.386. The molecule has 3 rings (SSSR count). The van der Waals surface area contributed by atoms with Crippen LogP contribution in [-0.4, -0.2) is 38.9 Å². The van der Waals surface area contributed by atoms with Gasteiger partial charge in [0.25, 0.3) is 0 Å². The molecule has 0 radical (unpaired) electrons. The Bertz CT molecular complexity index is 866. The number of hydrogen-bond acceptors (Lipinski definition) is 3. The van der Waals surface area contributed by atoms with E-state index in [1.165, 1.54) is 0 Å². The van der Waals surface area contributed by atoms with E-state index < -0.39 is 0 Å². The van der Waals surface area contributed by atoms with Crippen molar-refractivity contribution in [1.29, 1.82) is 5.41 Å². The van der Waals surface area contributed by atoms with Crippen LogP contribution >= 0.6 is 11.6 Å². The number of aromatic amines is 1. The van der Waals surface area contributed by atoms with E-state index in [0.29, 0.717) is 18.1 Å². The van der Waals surface area contributed by atoms with Gasteiger partial charge in [-0.15, -0.1) is 0 Å². The number of H-pyrrole nitrogens is 1. The van der Waals surface area contributed by atoms with Crippen LogP contribution in [0.25, 0.3) is 0 Å². The number of guanidine groups is 1. The topological polar surface area (TPSA) is 94.7 Å². The second kappa shape index (κ2) is 9.90. The fourth-order valence-corrected chi connectivity index (χ4v) is 3.51. The molecule has 28 heavy (non-hydrogen) atoms. The highest BCUT2D eigenvalue weighted by Crippen LogP contribution is 2.28. The predicted molar refractivity (Wildman–Crippen MR) is 113 cm³/mol. The van der Waals surface area contributed by atoms with Crippen molar-refractivity contribution < 1.29 is 0 Å². The number of rotatable bonds is 9. The molecule has 0 amide bonds. The maximum absolute atomic E-state index is 7.94. The first-order chi connectivity index (χ1) is 13.6. The van der Waals surface area contributed by atoms with Crippen LogP contribution in [0.5, 0.6) is 0 Å². The molecule has 0 saturated heterocycles. The first kappa shape index (κ1) is 19.9. The minimum atomic E-state index is 0.0906. The third-order valence-electron chi connectivity index (χ3n) is 4.74. The fourth-order valence-electron chi connectivity index (χ4n) is 3.31. The maximum atomic E-state index is 7.94. The van der Waals surface area contributed by atoms with E-state index in [0.717, 1.165) is 36.2 Å². The van der Waals surface area contributed by atoms with Gasteiger partial charge in [0.05, 0.1) is 12.0 Å².